The van der Waals surface area contributed by atoms with E-state index >= 15 is 0 Å². The van der Waals surface area contributed by atoms with E-state index in [1.165, 1.54) is 0 Å². The second-order valence-corrected chi connectivity index (χ2v) is 4.08. The van der Waals surface area contributed by atoms with Crippen molar-refractivity contribution < 1.29 is 9.90 Å². The average Bonchev–Trinajstić information content (AvgIpc) is 2.67. The Morgan fingerprint density at radius 3 is 2.65 bits per heavy atom. The van der Waals surface area contributed by atoms with Gasteiger partial charge in [-0.3, -0.25) is 4.79 Å². The average molecular weight is 225 g/mol. The maximum Gasteiger partial charge on any atom is 0.307 e. The first-order valence-corrected chi connectivity index (χ1v) is 5.46. The van der Waals surface area contributed by atoms with Crippen LogP contribution in [0, 0.1) is 0 Å². The first-order chi connectivity index (χ1) is 8.25. The lowest BCUT2D eigenvalue weighted by atomic mass is 10.0. The molecule has 2 N–H and O–H groups in total. The predicted molar refractivity (Wildman–Crippen MR) is 67.1 cm³/mol. The first-order valence-electron chi connectivity index (χ1n) is 5.46. The maximum atomic E-state index is 10.9. The number of carbonyl (C=O) groups is 1. The number of fused-ring (bicyclic) bond motifs is 3. The highest BCUT2D eigenvalue weighted by atomic mass is 16.4. The van der Waals surface area contributed by atoms with Crippen LogP contribution in [0.1, 0.15) is 5.56 Å². The van der Waals surface area contributed by atoms with E-state index in [4.69, 9.17) is 5.11 Å². The highest BCUT2D eigenvalue weighted by Crippen LogP contribution is 2.28. The van der Waals surface area contributed by atoms with Crippen LogP contribution in [-0.2, 0) is 11.2 Å². The molecule has 0 aliphatic heterocycles. The van der Waals surface area contributed by atoms with Crippen LogP contribution in [0.5, 0.6) is 0 Å². The van der Waals surface area contributed by atoms with Gasteiger partial charge in [-0.05, 0) is 17.7 Å². The molecular weight excluding hydrogens is 214 g/mol. The molecule has 0 fully saturated rings. The second-order valence-electron chi connectivity index (χ2n) is 4.08. The molecule has 0 spiro atoms. The molecule has 0 radical (unpaired) electrons. The molecule has 84 valence electrons. The summed E-state index contributed by atoms with van der Waals surface area (Å²) in [6, 6.07) is 13.7. The van der Waals surface area contributed by atoms with Crippen LogP contribution in [0.25, 0.3) is 21.8 Å². The molecule has 3 heteroatoms. The highest BCUT2D eigenvalue weighted by Gasteiger charge is 2.10. The van der Waals surface area contributed by atoms with Gasteiger partial charge in [0.15, 0.2) is 0 Å². The minimum atomic E-state index is -0.803. The van der Waals surface area contributed by atoms with E-state index in [1.54, 1.807) is 0 Å². The van der Waals surface area contributed by atoms with Gasteiger partial charge in [0.1, 0.15) is 0 Å². The van der Waals surface area contributed by atoms with Gasteiger partial charge in [-0.1, -0.05) is 30.3 Å². The lowest BCUT2D eigenvalue weighted by Crippen LogP contribution is -2.00. The van der Waals surface area contributed by atoms with Gasteiger partial charge in [0, 0.05) is 21.8 Å². The van der Waals surface area contributed by atoms with Crippen LogP contribution < -0.4 is 0 Å². The molecule has 0 aliphatic rings. The van der Waals surface area contributed by atoms with Gasteiger partial charge < -0.3 is 10.1 Å². The minimum absolute atomic E-state index is 0.0547. The van der Waals surface area contributed by atoms with Gasteiger partial charge in [-0.15, -0.1) is 0 Å². The van der Waals surface area contributed by atoms with Crippen molar-refractivity contribution in [2.24, 2.45) is 0 Å². The van der Waals surface area contributed by atoms with Crippen molar-refractivity contribution in [3.8, 4) is 0 Å². The lowest BCUT2D eigenvalue weighted by Gasteiger charge is -2.00. The Hall–Kier alpha value is -2.29. The Kier molecular flexibility index (Phi) is 2.11. The van der Waals surface area contributed by atoms with E-state index in [1.807, 2.05) is 42.5 Å². The van der Waals surface area contributed by atoms with E-state index in [0.29, 0.717) is 0 Å². The van der Waals surface area contributed by atoms with Crippen LogP contribution in [0.4, 0.5) is 0 Å². The van der Waals surface area contributed by atoms with Crippen molar-refractivity contribution in [2.75, 3.05) is 0 Å². The summed E-state index contributed by atoms with van der Waals surface area (Å²) in [5, 5.41) is 11.0. The monoisotopic (exact) mass is 225 g/mol. The van der Waals surface area contributed by atoms with Crippen molar-refractivity contribution in [2.45, 2.75) is 6.42 Å². The number of hydrogen-bond donors (Lipinski definition) is 2. The Morgan fingerprint density at radius 2 is 1.82 bits per heavy atom. The van der Waals surface area contributed by atoms with Crippen LogP contribution in [0.2, 0.25) is 0 Å². The van der Waals surface area contributed by atoms with Gasteiger partial charge >= 0.3 is 5.97 Å². The summed E-state index contributed by atoms with van der Waals surface area (Å²) in [4.78, 5) is 14.2. The number of aromatic amines is 1. The fraction of sp³-hybridized carbons (Fsp3) is 0.0714. The number of carboxylic acid groups (broad SMARTS) is 1. The molecule has 0 atom stereocenters. The van der Waals surface area contributed by atoms with Gasteiger partial charge in [-0.2, -0.15) is 0 Å². The van der Waals surface area contributed by atoms with Gasteiger partial charge in [0.2, 0.25) is 0 Å². The van der Waals surface area contributed by atoms with Crippen molar-refractivity contribution in [1.82, 2.24) is 4.98 Å². The molecule has 17 heavy (non-hydrogen) atoms. The molecule has 0 saturated carbocycles. The molecule has 3 rings (SSSR count). The number of nitrogens with one attached hydrogen (secondary N) is 1. The zero-order chi connectivity index (χ0) is 11.8. The number of H-pyrrole nitrogens is 1. The minimum Gasteiger partial charge on any atom is -0.481 e. The Morgan fingerprint density at radius 1 is 1.06 bits per heavy atom. The van der Waals surface area contributed by atoms with Crippen LogP contribution >= 0.6 is 0 Å². The normalized spacial score (nSPS) is 11.1. The standard InChI is InChI=1S/C14H11NO2/c16-13(17)8-9-4-3-7-12-14(9)10-5-1-2-6-11(10)15-12/h1-7,15H,8H2,(H,16,17). The Bertz CT molecular complexity index is 712. The third-order valence-electron chi connectivity index (χ3n) is 2.96. The Labute approximate surface area is 97.7 Å². The summed E-state index contributed by atoms with van der Waals surface area (Å²) in [5.74, 6) is -0.803. The summed E-state index contributed by atoms with van der Waals surface area (Å²) in [7, 11) is 0. The third-order valence-corrected chi connectivity index (χ3v) is 2.96. The van der Waals surface area contributed by atoms with Crippen LogP contribution in [-0.4, -0.2) is 16.1 Å². The van der Waals surface area contributed by atoms with E-state index in [2.05, 4.69) is 4.98 Å². The number of para-hydroxylation sites is 1. The van der Waals surface area contributed by atoms with Crippen molar-refractivity contribution in [3.05, 3.63) is 48.0 Å². The maximum absolute atomic E-state index is 10.9. The third kappa shape index (κ3) is 1.56. The quantitative estimate of drug-likeness (QED) is 0.704. The largest absolute Gasteiger partial charge is 0.481 e. The molecule has 0 unspecified atom stereocenters. The molecule has 0 saturated heterocycles. The van der Waals surface area contributed by atoms with Gasteiger partial charge in [0.05, 0.1) is 6.42 Å². The van der Waals surface area contributed by atoms with E-state index in [9.17, 15) is 4.79 Å². The summed E-state index contributed by atoms with van der Waals surface area (Å²) < 4.78 is 0. The molecule has 3 nitrogen and oxygen atoms in total. The number of rotatable bonds is 2. The first kappa shape index (κ1) is 9.90. The zero-order valence-corrected chi connectivity index (χ0v) is 9.10. The number of carboxylic acids is 1. The van der Waals surface area contributed by atoms with Crippen LogP contribution in [0.3, 0.4) is 0 Å². The topological polar surface area (TPSA) is 53.1 Å². The molecule has 3 aromatic rings. The summed E-state index contributed by atoms with van der Waals surface area (Å²) in [6.45, 7) is 0. The molecule has 1 aromatic heterocycles. The smallest absolute Gasteiger partial charge is 0.307 e. The fourth-order valence-corrected chi connectivity index (χ4v) is 2.29. The van der Waals surface area contributed by atoms with E-state index in [-0.39, 0.29) is 6.42 Å². The van der Waals surface area contributed by atoms with E-state index < -0.39 is 5.97 Å². The Balaban J connectivity index is 2.39. The SMILES string of the molecule is O=C(O)Cc1cccc2[nH]c3ccccc3c12. The fourth-order valence-electron chi connectivity index (χ4n) is 2.29. The molecule has 2 aromatic carbocycles. The van der Waals surface area contributed by atoms with Gasteiger partial charge in [-0.25, -0.2) is 0 Å². The number of benzene rings is 2. The number of aromatic nitrogens is 1. The van der Waals surface area contributed by atoms with Crippen LogP contribution in [0.15, 0.2) is 42.5 Å². The van der Waals surface area contributed by atoms with Crippen molar-refractivity contribution in [3.63, 3.8) is 0 Å². The molecule has 1 heterocycles. The summed E-state index contributed by atoms with van der Waals surface area (Å²) in [6.07, 6.45) is 0.0547. The van der Waals surface area contributed by atoms with Crippen molar-refractivity contribution >= 4 is 27.8 Å². The number of hydrogen-bond acceptors (Lipinski definition) is 1. The molecular formula is C14H11NO2. The summed E-state index contributed by atoms with van der Waals surface area (Å²) >= 11 is 0. The summed E-state index contributed by atoms with van der Waals surface area (Å²) in [5.41, 5.74) is 2.89. The second kappa shape index (κ2) is 3.63. The zero-order valence-electron chi connectivity index (χ0n) is 9.10. The molecule has 0 bridgehead atoms. The van der Waals surface area contributed by atoms with E-state index in [0.717, 1.165) is 27.4 Å². The molecule has 0 amide bonds. The lowest BCUT2D eigenvalue weighted by molar-refractivity contribution is -0.136. The van der Waals surface area contributed by atoms with Gasteiger partial charge in [0.25, 0.3) is 0 Å². The number of aliphatic carboxylic acids is 1. The predicted octanol–water partition coefficient (Wildman–Crippen LogP) is 2.95. The van der Waals surface area contributed by atoms with Crippen molar-refractivity contribution in [1.29, 1.82) is 0 Å². The molecule has 0 aliphatic carbocycles. The highest BCUT2D eigenvalue weighted by molar-refractivity contribution is 6.09.